The normalized spacial score (nSPS) is 11.7. The molecule has 1 unspecified atom stereocenters. The maximum absolute atomic E-state index is 13.7. The number of benzene rings is 3. The van der Waals surface area contributed by atoms with E-state index in [1.807, 2.05) is 44.2 Å². The predicted molar refractivity (Wildman–Crippen MR) is 141 cm³/mol. The Bertz CT molecular complexity index is 1230. The molecule has 0 fully saturated rings. The maximum Gasteiger partial charge on any atom is 0.273 e. The second kappa shape index (κ2) is 12.5. The third kappa shape index (κ3) is 7.29. The molecule has 3 rings (SSSR count). The Morgan fingerprint density at radius 2 is 1.64 bits per heavy atom. The molecule has 2 amide bonds. The molecule has 0 bridgehead atoms. The number of nitrogens with one attached hydrogen (secondary N) is 1. The van der Waals surface area contributed by atoms with Gasteiger partial charge >= 0.3 is 0 Å². The number of rotatable bonds is 10. The highest BCUT2D eigenvalue weighted by Gasteiger charge is 2.32. The smallest absolute Gasteiger partial charge is 0.273 e. The van der Waals surface area contributed by atoms with Crippen LogP contribution < -0.4 is 5.32 Å². The molecule has 0 heterocycles. The first-order valence-corrected chi connectivity index (χ1v) is 12.2. The average molecular weight is 528 g/mol. The summed E-state index contributed by atoms with van der Waals surface area (Å²) >= 11 is 12.5. The van der Waals surface area contributed by atoms with Gasteiger partial charge in [0.2, 0.25) is 11.8 Å². The van der Waals surface area contributed by atoms with Gasteiger partial charge in [-0.2, -0.15) is 0 Å². The molecular weight excluding hydrogens is 501 g/mol. The second-order valence-electron chi connectivity index (χ2n) is 8.69. The van der Waals surface area contributed by atoms with Crippen molar-refractivity contribution in [3.63, 3.8) is 0 Å². The van der Waals surface area contributed by atoms with E-state index in [0.29, 0.717) is 15.6 Å². The van der Waals surface area contributed by atoms with Crippen molar-refractivity contribution in [2.45, 2.75) is 45.3 Å². The maximum atomic E-state index is 13.7. The SMILES string of the molecule is CC(C)NC(=O)C(Cc1ccccc1)N(Cc1ccc(Cl)cc1Cl)C(=O)Cc1ccccc1[N+](=O)[O-]. The van der Waals surface area contributed by atoms with Gasteiger partial charge in [-0.25, -0.2) is 0 Å². The Morgan fingerprint density at radius 3 is 2.28 bits per heavy atom. The van der Waals surface area contributed by atoms with Gasteiger partial charge in [0.15, 0.2) is 0 Å². The number of hydrogen-bond donors (Lipinski definition) is 1. The van der Waals surface area contributed by atoms with Crippen molar-refractivity contribution in [3.8, 4) is 0 Å². The van der Waals surface area contributed by atoms with E-state index >= 15 is 0 Å². The van der Waals surface area contributed by atoms with Gasteiger partial charge in [0.25, 0.3) is 5.69 Å². The summed E-state index contributed by atoms with van der Waals surface area (Å²) in [6.45, 7) is 3.71. The molecule has 1 atom stereocenters. The Hall–Kier alpha value is -3.42. The number of carbonyl (C=O) groups excluding carboxylic acids is 2. The molecule has 3 aromatic carbocycles. The summed E-state index contributed by atoms with van der Waals surface area (Å²) in [5.41, 5.74) is 1.59. The van der Waals surface area contributed by atoms with Crippen molar-refractivity contribution in [2.75, 3.05) is 0 Å². The number of amides is 2. The third-order valence-corrected chi connectivity index (χ3v) is 6.17. The largest absolute Gasteiger partial charge is 0.352 e. The number of nitro benzene ring substituents is 1. The van der Waals surface area contributed by atoms with Crippen LogP contribution >= 0.6 is 23.2 Å². The van der Waals surface area contributed by atoms with Crippen LogP contribution in [0.3, 0.4) is 0 Å². The summed E-state index contributed by atoms with van der Waals surface area (Å²) in [6, 6.07) is 19.4. The van der Waals surface area contributed by atoms with Crippen LogP contribution in [0.4, 0.5) is 5.69 Å². The monoisotopic (exact) mass is 527 g/mol. The van der Waals surface area contributed by atoms with E-state index in [0.717, 1.165) is 5.56 Å². The van der Waals surface area contributed by atoms with Gasteiger partial charge in [-0.1, -0.05) is 77.8 Å². The van der Waals surface area contributed by atoms with Crippen molar-refractivity contribution in [2.24, 2.45) is 0 Å². The second-order valence-corrected chi connectivity index (χ2v) is 9.53. The number of nitro groups is 1. The topological polar surface area (TPSA) is 92.6 Å². The fourth-order valence-electron chi connectivity index (χ4n) is 3.87. The summed E-state index contributed by atoms with van der Waals surface area (Å²) in [5, 5.41) is 15.2. The lowest BCUT2D eigenvalue weighted by Crippen LogP contribution is -2.52. The zero-order valence-electron chi connectivity index (χ0n) is 20.0. The van der Waals surface area contributed by atoms with Crippen LogP contribution in [0.15, 0.2) is 72.8 Å². The molecular formula is C27H27Cl2N3O4. The van der Waals surface area contributed by atoms with Gasteiger partial charge in [0.1, 0.15) is 6.04 Å². The van der Waals surface area contributed by atoms with Gasteiger partial charge in [0, 0.05) is 40.7 Å². The Balaban J connectivity index is 2.04. The minimum atomic E-state index is -0.878. The Kier molecular flexibility index (Phi) is 9.44. The van der Waals surface area contributed by atoms with E-state index in [-0.39, 0.29) is 42.6 Å². The molecule has 0 spiro atoms. The van der Waals surface area contributed by atoms with Gasteiger partial charge in [-0.05, 0) is 37.1 Å². The zero-order valence-corrected chi connectivity index (χ0v) is 21.5. The molecule has 0 aromatic heterocycles. The fraction of sp³-hybridized carbons (Fsp3) is 0.259. The molecule has 1 N–H and O–H groups in total. The molecule has 7 nitrogen and oxygen atoms in total. The number of carbonyl (C=O) groups is 2. The lowest BCUT2D eigenvalue weighted by Gasteiger charge is -2.32. The van der Waals surface area contributed by atoms with Gasteiger partial charge in [0.05, 0.1) is 11.3 Å². The molecule has 0 saturated carbocycles. The standard InChI is InChI=1S/C27H27Cl2N3O4/c1-18(2)30-27(34)25(14-19-8-4-3-5-9-19)31(17-21-12-13-22(28)16-23(21)29)26(33)15-20-10-6-7-11-24(20)32(35)36/h3-13,16,18,25H,14-15,17H2,1-2H3,(H,30,34). The quantitative estimate of drug-likeness (QED) is 0.274. The Labute approximate surface area is 220 Å². The van der Waals surface area contributed by atoms with Crippen LogP contribution in [0.1, 0.15) is 30.5 Å². The van der Waals surface area contributed by atoms with E-state index in [9.17, 15) is 19.7 Å². The average Bonchev–Trinajstić information content (AvgIpc) is 2.82. The first kappa shape index (κ1) is 27.2. The van der Waals surface area contributed by atoms with Crippen LogP contribution in [0.2, 0.25) is 10.0 Å². The van der Waals surface area contributed by atoms with E-state index in [1.54, 1.807) is 36.4 Å². The highest BCUT2D eigenvalue weighted by molar-refractivity contribution is 6.35. The van der Waals surface area contributed by atoms with Crippen molar-refractivity contribution in [1.29, 1.82) is 0 Å². The van der Waals surface area contributed by atoms with Crippen LogP contribution in [0.5, 0.6) is 0 Å². The minimum absolute atomic E-state index is 0.0263. The van der Waals surface area contributed by atoms with E-state index in [1.165, 1.54) is 11.0 Å². The lowest BCUT2D eigenvalue weighted by atomic mass is 10.0. The molecule has 188 valence electrons. The summed E-state index contributed by atoms with van der Waals surface area (Å²) in [6.07, 6.45) is 0.00976. The van der Waals surface area contributed by atoms with Crippen LogP contribution in [-0.4, -0.2) is 33.7 Å². The Morgan fingerprint density at radius 1 is 0.972 bits per heavy atom. The zero-order chi connectivity index (χ0) is 26.2. The summed E-state index contributed by atoms with van der Waals surface area (Å²) in [7, 11) is 0. The molecule has 0 radical (unpaired) electrons. The fourth-order valence-corrected chi connectivity index (χ4v) is 4.34. The number of para-hydroxylation sites is 1. The van der Waals surface area contributed by atoms with Crippen LogP contribution in [0, 0.1) is 10.1 Å². The third-order valence-electron chi connectivity index (χ3n) is 5.59. The molecule has 0 saturated heterocycles. The summed E-state index contributed by atoms with van der Waals surface area (Å²) in [5.74, 6) is -0.759. The molecule has 0 aliphatic carbocycles. The minimum Gasteiger partial charge on any atom is -0.352 e. The lowest BCUT2D eigenvalue weighted by molar-refractivity contribution is -0.385. The molecule has 0 aliphatic rings. The van der Waals surface area contributed by atoms with Gasteiger partial charge in [-0.3, -0.25) is 19.7 Å². The molecule has 0 aliphatic heterocycles. The van der Waals surface area contributed by atoms with E-state index < -0.39 is 16.9 Å². The van der Waals surface area contributed by atoms with Crippen molar-refractivity contribution in [3.05, 3.63) is 110 Å². The van der Waals surface area contributed by atoms with Gasteiger partial charge in [-0.15, -0.1) is 0 Å². The van der Waals surface area contributed by atoms with Crippen LogP contribution in [-0.2, 0) is 29.0 Å². The summed E-state index contributed by atoms with van der Waals surface area (Å²) in [4.78, 5) is 39.6. The number of halogens is 2. The first-order valence-electron chi connectivity index (χ1n) is 11.5. The van der Waals surface area contributed by atoms with Crippen molar-refractivity contribution >= 4 is 40.7 Å². The first-order chi connectivity index (χ1) is 17.2. The van der Waals surface area contributed by atoms with Crippen LogP contribution in [0.25, 0.3) is 0 Å². The molecule has 9 heteroatoms. The van der Waals surface area contributed by atoms with Gasteiger partial charge < -0.3 is 10.2 Å². The van der Waals surface area contributed by atoms with Crippen molar-refractivity contribution < 1.29 is 14.5 Å². The molecule has 36 heavy (non-hydrogen) atoms. The van der Waals surface area contributed by atoms with Crippen molar-refractivity contribution in [1.82, 2.24) is 10.2 Å². The van der Waals surface area contributed by atoms with E-state index in [4.69, 9.17) is 23.2 Å². The highest BCUT2D eigenvalue weighted by Crippen LogP contribution is 2.26. The number of hydrogen-bond acceptors (Lipinski definition) is 4. The summed E-state index contributed by atoms with van der Waals surface area (Å²) < 4.78 is 0. The number of nitrogens with zero attached hydrogens (tertiary/aromatic N) is 2. The highest BCUT2D eigenvalue weighted by atomic mass is 35.5. The molecule has 3 aromatic rings. The van der Waals surface area contributed by atoms with E-state index in [2.05, 4.69) is 5.32 Å². The predicted octanol–water partition coefficient (Wildman–Crippen LogP) is 5.61.